The molecule has 0 aliphatic rings. The Balaban J connectivity index is 4.67. The van der Waals surface area contributed by atoms with E-state index in [0.717, 1.165) is 6.42 Å². The highest BCUT2D eigenvalue weighted by Crippen LogP contribution is 2.23. The minimum Gasteiger partial charge on any atom is -0.435 e. The number of amides is 1. The molecule has 0 aliphatic carbocycles. The van der Waals surface area contributed by atoms with Crippen molar-refractivity contribution in [2.24, 2.45) is 0 Å². The fourth-order valence-electron chi connectivity index (χ4n) is 0.654. The lowest BCUT2D eigenvalue weighted by Crippen LogP contribution is -2.58. The topological polar surface area (TPSA) is 37.3 Å². The average molecular weight is 160 g/mol. The molecule has 0 saturated heterocycles. The Morgan fingerprint density at radius 2 is 1.82 bits per heavy atom. The third-order valence-electron chi connectivity index (χ3n) is 2.86. The summed E-state index contributed by atoms with van der Waals surface area (Å²) in [7, 11) is 3.43. The standard InChI is InChI=1S/C8H17NO2/c1-6-8(2,3)9(4,5)7(10)11/h6H2,1-5H3/p+1. The van der Waals surface area contributed by atoms with E-state index in [1.165, 1.54) is 0 Å². The largest absolute Gasteiger partial charge is 0.513 e. The predicted molar refractivity (Wildman–Crippen MR) is 44.5 cm³/mol. The van der Waals surface area contributed by atoms with E-state index in [1.807, 2.05) is 20.8 Å². The number of quaternary nitrogens is 1. The molecule has 11 heavy (non-hydrogen) atoms. The van der Waals surface area contributed by atoms with Crippen LogP contribution in [-0.4, -0.2) is 35.3 Å². The molecular formula is C8H18NO2+. The van der Waals surface area contributed by atoms with Gasteiger partial charge in [0.1, 0.15) is 5.54 Å². The summed E-state index contributed by atoms with van der Waals surface area (Å²) in [6.07, 6.45) is 0.0728. The van der Waals surface area contributed by atoms with Gasteiger partial charge in [0.25, 0.3) is 0 Å². The summed E-state index contributed by atoms with van der Waals surface area (Å²) in [6.45, 7) is 5.92. The highest BCUT2D eigenvalue weighted by molar-refractivity contribution is 5.56. The molecule has 3 heteroatoms. The minimum absolute atomic E-state index is 0.0174. The van der Waals surface area contributed by atoms with Crippen molar-refractivity contribution in [2.45, 2.75) is 32.7 Å². The van der Waals surface area contributed by atoms with Crippen LogP contribution in [0, 0.1) is 0 Å². The molecule has 0 unspecified atom stereocenters. The van der Waals surface area contributed by atoms with Crippen LogP contribution in [0.3, 0.4) is 0 Å². The first-order chi connectivity index (χ1) is 4.75. The van der Waals surface area contributed by atoms with E-state index in [0.29, 0.717) is 0 Å². The molecule has 66 valence electrons. The van der Waals surface area contributed by atoms with Crippen LogP contribution in [0.25, 0.3) is 0 Å². The van der Waals surface area contributed by atoms with Crippen LogP contribution in [0.15, 0.2) is 0 Å². The molecule has 0 aromatic carbocycles. The number of hydrogen-bond donors (Lipinski definition) is 1. The smallest absolute Gasteiger partial charge is 0.435 e. The van der Waals surface area contributed by atoms with Crippen LogP contribution >= 0.6 is 0 Å². The van der Waals surface area contributed by atoms with E-state index in [1.54, 1.807) is 14.1 Å². The van der Waals surface area contributed by atoms with Crippen molar-refractivity contribution in [2.75, 3.05) is 14.1 Å². The van der Waals surface area contributed by atoms with Crippen molar-refractivity contribution < 1.29 is 14.4 Å². The molecular weight excluding hydrogens is 142 g/mol. The number of nitrogens with zero attached hydrogens (tertiary/aromatic N) is 1. The zero-order valence-electron chi connectivity index (χ0n) is 8.01. The first kappa shape index (κ1) is 10.4. The summed E-state index contributed by atoms with van der Waals surface area (Å²) in [5.74, 6) is 0. The summed E-state index contributed by atoms with van der Waals surface area (Å²) in [5, 5.41) is 8.88. The molecule has 1 N–H and O–H groups in total. The molecule has 3 nitrogen and oxygen atoms in total. The van der Waals surface area contributed by atoms with Crippen LogP contribution in [-0.2, 0) is 0 Å². The van der Waals surface area contributed by atoms with Gasteiger partial charge in [-0.15, -0.1) is 0 Å². The molecule has 0 aliphatic heterocycles. The first-order valence-corrected chi connectivity index (χ1v) is 3.83. The summed E-state index contributed by atoms with van der Waals surface area (Å²) in [6, 6.07) is 0. The number of rotatable bonds is 2. The van der Waals surface area contributed by atoms with Crippen LogP contribution < -0.4 is 0 Å². The van der Waals surface area contributed by atoms with Gasteiger partial charge in [0.15, 0.2) is 0 Å². The molecule has 1 amide bonds. The predicted octanol–water partition coefficient (Wildman–Crippen LogP) is 1.93. The average Bonchev–Trinajstić information content (AvgIpc) is 1.87. The molecule has 0 heterocycles. The molecule has 0 aromatic heterocycles. The van der Waals surface area contributed by atoms with Crippen molar-refractivity contribution >= 4 is 6.09 Å². The second-order valence-electron chi connectivity index (χ2n) is 3.90. The lowest BCUT2D eigenvalue weighted by Gasteiger charge is -2.38. The Labute approximate surface area is 68.2 Å². The van der Waals surface area contributed by atoms with E-state index >= 15 is 0 Å². The Morgan fingerprint density at radius 3 is 1.91 bits per heavy atom. The molecule has 0 radical (unpaired) electrons. The maximum atomic E-state index is 10.8. The Morgan fingerprint density at radius 1 is 1.45 bits per heavy atom. The summed E-state index contributed by atoms with van der Waals surface area (Å²) < 4.78 is 0.0174. The normalized spacial score (nSPS) is 13.2. The fraction of sp³-hybridized carbons (Fsp3) is 0.875. The van der Waals surface area contributed by atoms with Crippen LogP contribution in [0.4, 0.5) is 4.79 Å². The van der Waals surface area contributed by atoms with Crippen LogP contribution in [0.5, 0.6) is 0 Å². The van der Waals surface area contributed by atoms with Gasteiger partial charge in [0.2, 0.25) is 0 Å². The Hall–Kier alpha value is -0.570. The van der Waals surface area contributed by atoms with Gasteiger partial charge in [0, 0.05) is 0 Å². The van der Waals surface area contributed by atoms with Gasteiger partial charge >= 0.3 is 6.09 Å². The van der Waals surface area contributed by atoms with Gasteiger partial charge in [-0.05, 0) is 20.3 Å². The van der Waals surface area contributed by atoms with Crippen molar-refractivity contribution in [1.29, 1.82) is 0 Å². The second kappa shape index (κ2) is 2.81. The third-order valence-corrected chi connectivity index (χ3v) is 2.86. The van der Waals surface area contributed by atoms with E-state index in [4.69, 9.17) is 5.11 Å². The maximum absolute atomic E-state index is 10.8. The van der Waals surface area contributed by atoms with Crippen LogP contribution in [0.2, 0.25) is 0 Å². The van der Waals surface area contributed by atoms with Gasteiger partial charge in [-0.2, -0.15) is 4.79 Å². The maximum Gasteiger partial charge on any atom is 0.513 e. The van der Waals surface area contributed by atoms with Gasteiger partial charge in [-0.3, -0.25) is 0 Å². The zero-order valence-corrected chi connectivity index (χ0v) is 8.01. The third kappa shape index (κ3) is 1.71. The van der Waals surface area contributed by atoms with E-state index in [2.05, 4.69) is 0 Å². The van der Waals surface area contributed by atoms with Gasteiger partial charge in [-0.1, -0.05) is 6.92 Å². The lowest BCUT2D eigenvalue weighted by molar-refractivity contribution is -0.868. The molecule has 0 spiro atoms. The minimum atomic E-state index is -0.781. The number of carboxylic acid groups (broad SMARTS) is 1. The summed E-state index contributed by atoms with van der Waals surface area (Å²) in [4.78, 5) is 10.8. The number of carbonyl (C=O) groups is 1. The van der Waals surface area contributed by atoms with Crippen molar-refractivity contribution in [3.05, 3.63) is 0 Å². The lowest BCUT2D eigenvalue weighted by atomic mass is 9.98. The first-order valence-electron chi connectivity index (χ1n) is 3.83. The fourth-order valence-corrected chi connectivity index (χ4v) is 0.654. The summed E-state index contributed by atoms with van der Waals surface area (Å²) >= 11 is 0. The molecule has 0 rings (SSSR count). The van der Waals surface area contributed by atoms with Gasteiger partial charge in [-0.25, -0.2) is 4.48 Å². The molecule has 0 bridgehead atoms. The van der Waals surface area contributed by atoms with E-state index < -0.39 is 6.09 Å². The Bertz CT molecular complexity index is 161. The Kier molecular flexibility index (Phi) is 2.67. The molecule has 0 fully saturated rings. The number of hydrogen-bond acceptors (Lipinski definition) is 1. The zero-order chi connectivity index (χ0) is 9.28. The quantitative estimate of drug-likeness (QED) is 0.627. The van der Waals surface area contributed by atoms with Gasteiger partial charge in [0.05, 0.1) is 14.1 Å². The van der Waals surface area contributed by atoms with Crippen molar-refractivity contribution in [3.8, 4) is 0 Å². The highest BCUT2D eigenvalue weighted by atomic mass is 16.4. The van der Waals surface area contributed by atoms with Gasteiger partial charge < -0.3 is 5.11 Å². The second-order valence-corrected chi connectivity index (χ2v) is 3.90. The molecule has 0 aromatic rings. The van der Waals surface area contributed by atoms with Crippen LogP contribution in [0.1, 0.15) is 27.2 Å². The SMILES string of the molecule is CCC(C)(C)[N+](C)(C)C(=O)O. The molecule has 0 atom stereocenters. The van der Waals surface area contributed by atoms with Crippen molar-refractivity contribution in [1.82, 2.24) is 0 Å². The van der Waals surface area contributed by atoms with E-state index in [-0.39, 0.29) is 10.0 Å². The van der Waals surface area contributed by atoms with Crippen molar-refractivity contribution in [3.63, 3.8) is 0 Å². The monoisotopic (exact) mass is 160 g/mol. The molecule has 0 saturated carbocycles. The summed E-state index contributed by atoms with van der Waals surface area (Å²) in [5.41, 5.74) is -0.203. The highest BCUT2D eigenvalue weighted by Gasteiger charge is 2.41. The van der Waals surface area contributed by atoms with E-state index in [9.17, 15) is 4.79 Å².